The van der Waals surface area contributed by atoms with E-state index in [0.29, 0.717) is 12.2 Å². The summed E-state index contributed by atoms with van der Waals surface area (Å²) in [5.41, 5.74) is 7.54. The molecular weight excluding hydrogens is 204 g/mol. The number of aliphatic carboxylic acids is 1. The molecule has 3 N–H and O–H groups in total. The maximum Gasteiger partial charge on any atom is 0.308 e. The smallest absolute Gasteiger partial charge is 0.308 e. The van der Waals surface area contributed by atoms with Gasteiger partial charge in [0.2, 0.25) is 0 Å². The lowest BCUT2D eigenvalue weighted by Gasteiger charge is -2.16. The fraction of sp³-hybridized carbons (Fsp3) is 0.417. The minimum atomic E-state index is -0.738. The van der Waals surface area contributed by atoms with E-state index in [0.717, 1.165) is 12.1 Å². The van der Waals surface area contributed by atoms with Crippen molar-refractivity contribution >= 4 is 11.7 Å². The third-order valence-electron chi connectivity index (χ3n) is 3.22. The molecule has 2 atom stereocenters. The maximum atomic E-state index is 11.2. The van der Waals surface area contributed by atoms with Crippen LogP contribution in [0.2, 0.25) is 0 Å². The molecule has 1 heterocycles. The number of anilines is 1. The van der Waals surface area contributed by atoms with Crippen LogP contribution >= 0.6 is 0 Å². The van der Waals surface area contributed by atoms with E-state index in [9.17, 15) is 9.90 Å². The summed E-state index contributed by atoms with van der Waals surface area (Å²) in [7, 11) is 1.94. The Balaban J connectivity index is 2.33. The molecule has 2 rings (SSSR count). The highest BCUT2D eigenvalue weighted by atomic mass is 16.4. The minimum Gasteiger partial charge on any atom is -0.481 e. The molecule has 86 valence electrons. The molecule has 1 aliphatic rings. The monoisotopic (exact) mass is 220 g/mol. The SMILES string of the molecule is CN1CC(C(=O)O)C(c2ccccc2N)C1. The molecule has 0 spiro atoms. The quantitative estimate of drug-likeness (QED) is 0.730. The van der Waals surface area contributed by atoms with Crippen LogP contribution in [0.1, 0.15) is 11.5 Å². The van der Waals surface area contributed by atoms with E-state index in [4.69, 9.17) is 5.73 Å². The Kier molecular flexibility index (Phi) is 2.83. The normalized spacial score (nSPS) is 25.8. The van der Waals surface area contributed by atoms with Crippen molar-refractivity contribution in [2.75, 3.05) is 25.9 Å². The number of nitrogen functional groups attached to an aromatic ring is 1. The molecule has 0 aromatic heterocycles. The predicted octanol–water partition coefficient (Wildman–Crippen LogP) is 0.999. The van der Waals surface area contributed by atoms with Crippen LogP contribution in [0.15, 0.2) is 24.3 Å². The lowest BCUT2D eigenvalue weighted by atomic mass is 9.88. The molecule has 0 amide bonds. The van der Waals surface area contributed by atoms with Crippen molar-refractivity contribution in [3.05, 3.63) is 29.8 Å². The Morgan fingerprint density at radius 1 is 1.44 bits per heavy atom. The van der Waals surface area contributed by atoms with Gasteiger partial charge < -0.3 is 15.7 Å². The third kappa shape index (κ3) is 1.88. The molecule has 4 nitrogen and oxygen atoms in total. The van der Waals surface area contributed by atoms with Crippen molar-refractivity contribution in [3.63, 3.8) is 0 Å². The largest absolute Gasteiger partial charge is 0.481 e. The number of rotatable bonds is 2. The van der Waals surface area contributed by atoms with E-state index >= 15 is 0 Å². The van der Waals surface area contributed by atoms with Crippen LogP contribution in [-0.2, 0) is 4.79 Å². The van der Waals surface area contributed by atoms with Crippen LogP contribution in [0.3, 0.4) is 0 Å². The second-order valence-electron chi connectivity index (χ2n) is 4.40. The van der Waals surface area contributed by atoms with Crippen molar-refractivity contribution < 1.29 is 9.90 Å². The number of hydrogen-bond acceptors (Lipinski definition) is 3. The fourth-order valence-corrected chi connectivity index (χ4v) is 2.41. The first-order chi connectivity index (χ1) is 7.59. The van der Waals surface area contributed by atoms with Crippen LogP contribution < -0.4 is 5.73 Å². The number of carboxylic acid groups (broad SMARTS) is 1. The topological polar surface area (TPSA) is 66.6 Å². The Morgan fingerprint density at radius 3 is 2.75 bits per heavy atom. The number of nitrogens with two attached hydrogens (primary N) is 1. The summed E-state index contributed by atoms with van der Waals surface area (Å²) in [6.45, 7) is 1.35. The zero-order valence-corrected chi connectivity index (χ0v) is 9.26. The first-order valence-corrected chi connectivity index (χ1v) is 5.35. The lowest BCUT2D eigenvalue weighted by molar-refractivity contribution is -0.141. The summed E-state index contributed by atoms with van der Waals surface area (Å²) in [6, 6.07) is 7.53. The Bertz CT molecular complexity index is 406. The van der Waals surface area contributed by atoms with Gasteiger partial charge in [-0.1, -0.05) is 18.2 Å². The zero-order valence-electron chi connectivity index (χ0n) is 9.26. The van der Waals surface area contributed by atoms with E-state index in [-0.39, 0.29) is 11.8 Å². The summed E-state index contributed by atoms with van der Waals surface area (Å²) in [5.74, 6) is -1.09. The highest BCUT2D eigenvalue weighted by molar-refractivity contribution is 5.73. The van der Waals surface area contributed by atoms with E-state index in [1.54, 1.807) is 0 Å². The Morgan fingerprint density at radius 2 is 2.12 bits per heavy atom. The Labute approximate surface area is 94.7 Å². The Hall–Kier alpha value is -1.55. The zero-order chi connectivity index (χ0) is 11.7. The summed E-state index contributed by atoms with van der Waals surface area (Å²) in [5, 5.41) is 9.19. The maximum absolute atomic E-state index is 11.2. The first kappa shape index (κ1) is 11.0. The second kappa shape index (κ2) is 4.14. The molecule has 1 fully saturated rings. The van der Waals surface area contributed by atoms with Gasteiger partial charge in [0, 0.05) is 24.7 Å². The van der Waals surface area contributed by atoms with E-state index < -0.39 is 5.97 Å². The van der Waals surface area contributed by atoms with Gasteiger partial charge in [-0.05, 0) is 18.7 Å². The molecule has 0 radical (unpaired) electrons. The number of likely N-dealkylation sites (tertiary alicyclic amines) is 1. The van der Waals surface area contributed by atoms with Gasteiger partial charge in [0.1, 0.15) is 0 Å². The number of likely N-dealkylation sites (N-methyl/N-ethyl adjacent to an activating group) is 1. The molecule has 1 aromatic carbocycles. The van der Waals surface area contributed by atoms with Crippen molar-refractivity contribution in [1.29, 1.82) is 0 Å². The molecule has 1 aliphatic heterocycles. The van der Waals surface area contributed by atoms with Crippen LogP contribution in [-0.4, -0.2) is 36.1 Å². The van der Waals surface area contributed by atoms with Crippen LogP contribution in [0, 0.1) is 5.92 Å². The number of carbonyl (C=O) groups is 1. The van der Waals surface area contributed by atoms with E-state index in [1.165, 1.54) is 0 Å². The van der Waals surface area contributed by atoms with Gasteiger partial charge in [-0.15, -0.1) is 0 Å². The van der Waals surface area contributed by atoms with E-state index in [1.807, 2.05) is 36.2 Å². The van der Waals surface area contributed by atoms with Crippen molar-refractivity contribution in [2.45, 2.75) is 5.92 Å². The highest BCUT2D eigenvalue weighted by Crippen LogP contribution is 2.34. The van der Waals surface area contributed by atoms with Crippen LogP contribution in [0.4, 0.5) is 5.69 Å². The fourth-order valence-electron chi connectivity index (χ4n) is 2.41. The first-order valence-electron chi connectivity index (χ1n) is 5.35. The lowest BCUT2D eigenvalue weighted by Crippen LogP contribution is -2.21. The standard InChI is InChI=1S/C12H16N2O2/c1-14-6-9(10(7-14)12(15)16)8-4-2-3-5-11(8)13/h2-5,9-10H,6-7,13H2,1H3,(H,15,16). The minimum absolute atomic E-state index is 0.00343. The highest BCUT2D eigenvalue weighted by Gasteiger charge is 2.37. The number of hydrogen-bond donors (Lipinski definition) is 2. The molecule has 0 saturated carbocycles. The van der Waals surface area contributed by atoms with Gasteiger partial charge in [-0.2, -0.15) is 0 Å². The van der Waals surface area contributed by atoms with Crippen molar-refractivity contribution in [2.24, 2.45) is 5.92 Å². The summed E-state index contributed by atoms with van der Waals surface area (Å²) in [6.07, 6.45) is 0. The molecule has 2 unspecified atom stereocenters. The second-order valence-corrected chi connectivity index (χ2v) is 4.40. The number of para-hydroxylation sites is 1. The van der Waals surface area contributed by atoms with Crippen LogP contribution in [0.25, 0.3) is 0 Å². The third-order valence-corrected chi connectivity index (χ3v) is 3.22. The predicted molar refractivity (Wildman–Crippen MR) is 62.2 cm³/mol. The molecule has 0 bridgehead atoms. The van der Waals surface area contributed by atoms with Gasteiger partial charge in [0.15, 0.2) is 0 Å². The number of benzene rings is 1. The summed E-state index contributed by atoms with van der Waals surface area (Å²) >= 11 is 0. The van der Waals surface area contributed by atoms with Crippen LogP contribution in [0.5, 0.6) is 0 Å². The number of carboxylic acids is 1. The van der Waals surface area contributed by atoms with Crippen molar-refractivity contribution in [3.8, 4) is 0 Å². The molecule has 0 aliphatic carbocycles. The summed E-state index contributed by atoms with van der Waals surface area (Å²) in [4.78, 5) is 13.2. The van der Waals surface area contributed by atoms with Gasteiger partial charge in [-0.25, -0.2) is 0 Å². The average molecular weight is 220 g/mol. The average Bonchev–Trinajstić information content (AvgIpc) is 2.61. The molecule has 1 aromatic rings. The molecule has 1 saturated heterocycles. The van der Waals surface area contributed by atoms with Crippen molar-refractivity contribution in [1.82, 2.24) is 4.90 Å². The van der Waals surface area contributed by atoms with Gasteiger partial charge in [-0.3, -0.25) is 4.79 Å². The molecule has 4 heteroatoms. The van der Waals surface area contributed by atoms with E-state index in [2.05, 4.69) is 0 Å². The van der Waals surface area contributed by atoms with Gasteiger partial charge in [0.05, 0.1) is 5.92 Å². The summed E-state index contributed by atoms with van der Waals surface area (Å²) < 4.78 is 0. The van der Waals surface area contributed by atoms with Gasteiger partial charge >= 0.3 is 5.97 Å². The molecular formula is C12H16N2O2. The number of nitrogens with zero attached hydrogens (tertiary/aromatic N) is 1. The molecule has 16 heavy (non-hydrogen) atoms. The van der Waals surface area contributed by atoms with Gasteiger partial charge in [0.25, 0.3) is 0 Å².